The van der Waals surface area contributed by atoms with Gasteiger partial charge in [-0.15, -0.1) is 0 Å². The van der Waals surface area contributed by atoms with E-state index in [4.69, 9.17) is 4.74 Å². The standard InChI is InChI=1S/C18H27NO3/c1-13(2)12-22-15-9-7-14(8-10-15)11-18(21)19-16-5-3-4-6-17(16)20/h7-10,13,16-17,20H,3-6,11-12H2,1-2H3,(H,19,21). The van der Waals surface area contributed by atoms with Crippen molar-refractivity contribution in [1.29, 1.82) is 0 Å². The number of benzene rings is 1. The lowest BCUT2D eigenvalue weighted by Crippen LogP contribution is -2.45. The molecule has 1 aliphatic carbocycles. The predicted octanol–water partition coefficient (Wildman–Crippen LogP) is 2.68. The third-order valence-electron chi connectivity index (χ3n) is 3.95. The summed E-state index contributed by atoms with van der Waals surface area (Å²) in [6.07, 6.45) is 3.72. The molecule has 0 saturated heterocycles. The SMILES string of the molecule is CC(C)COc1ccc(CC(=O)NC2CCCCC2O)cc1. The van der Waals surface area contributed by atoms with Crippen LogP contribution in [0, 0.1) is 5.92 Å². The van der Waals surface area contributed by atoms with E-state index < -0.39 is 6.10 Å². The van der Waals surface area contributed by atoms with E-state index in [1.807, 2.05) is 24.3 Å². The topological polar surface area (TPSA) is 58.6 Å². The highest BCUT2D eigenvalue weighted by molar-refractivity contribution is 5.79. The van der Waals surface area contributed by atoms with Gasteiger partial charge in [0.05, 0.1) is 25.2 Å². The van der Waals surface area contributed by atoms with Gasteiger partial charge in [0.25, 0.3) is 0 Å². The quantitative estimate of drug-likeness (QED) is 0.849. The molecule has 2 N–H and O–H groups in total. The summed E-state index contributed by atoms with van der Waals surface area (Å²) in [4.78, 5) is 12.1. The lowest BCUT2D eigenvalue weighted by atomic mass is 9.92. The van der Waals surface area contributed by atoms with Crippen molar-refractivity contribution in [3.63, 3.8) is 0 Å². The number of aliphatic hydroxyl groups excluding tert-OH is 1. The van der Waals surface area contributed by atoms with Gasteiger partial charge in [0.1, 0.15) is 5.75 Å². The molecule has 2 rings (SSSR count). The second kappa shape index (κ2) is 8.18. The maximum Gasteiger partial charge on any atom is 0.224 e. The first kappa shape index (κ1) is 16.8. The van der Waals surface area contributed by atoms with E-state index in [1.54, 1.807) is 0 Å². The number of nitrogens with one attached hydrogen (secondary N) is 1. The Kier molecular flexibility index (Phi) is 6.25. The van der Waals surface area contributed by atoms with Gasteiger partial charge in [0.15, 0.2) is 0 Å². The van der Waals surface area contributed by atoms with Gasteiger partial charge in [0.2, 0.25) is 5.91 Å². The van der Waals surface area contributed by atoms with E-state index in [0.717, 1.165) is 37.0 Å². The summed E-state index contributed by atoms with van der Waals surface area (Å²) in [5.74, 6) is 1.30. The van der Waals surface area contributed by atoms with Crippen molar-refractivity contribution in [2.45, 2.75) is 58.1 Å². The van der Waals surface area contributed by atoms with Crippen LogP contribution in [0.1, 0.15) is 45.1 Å². The number of hydrogen-bond donors (Lipinski definition) is 2. The smallest absolute Gasteiger partial charge is 0.224 e. The summed E-state index contributed by atoms with van der Waals surface area (Å²) in [5.41, 5.74) is 0.958. The van der Waals surface area contributed by atoms with Crippen LogP contribution in [0.3, 0.4) is 0 Å². The highest BCUT2D eigenvalue weighted by Crippen LogP contribution is 2.19. The molecule has 2 atom stereocenters. The largest absolute Gasteiger partial charge is 0.493 e. The van der Waals surface area contributed by atoms with Gasteiger partial charge >= 0.3 is 0 Å². The minimum absolute atomic E-state index is 0.0261. The van der Waals surface area contributed by atoms with Crippen LogP contribution < -0.4 is 10.1 Å². The molecule has 1 aliphatic rings. The van der Waals surface area contributed by atoms with E-state index in [1.165, 1.54) is 0 Å². The molecule has 0 aromatic heterocycles. The number of ether oxygens (including phenoxy) is 1. The third kappa shape index (κ3) is 5.34. The van der Waals surface area contributed by atoms with Crippen LogP contribution in [0.4, 0.5) is 0 Å². The first-order valence-electron chi connectivity index (χ1n) is 8.24. The van der Waals surface area contributed by atoms with Crippen LogP contribution in [0.2, 0.25) is 0 Å². The molecule has 1 aromatic carbocycles. The molecule has 122 valence electrons. The van der Waals surface area contributed by atoms with Gasteiger partial charge in [0, 0.05) is 0 Å². The van der Waals surface area contributed by atoms with Gasteiger partial charge in [-0.25, -0.2) is 0 Å². The second-order valence-corrected chi connectivity index (χ2v) is 6.55. The van der Waals surface area contributed by atoms with Crippen LogP contribution in [0.5, 0.6) is 5.75 Å². The lowest BCUT2D eigenvalue weighted by molar-refractivity contribution is -0.122. The highest BCUT2D eigenvalue weighted by atomic mass is 16.5. The van der Waals surface area contributed by atoms with Crippen LogP contribution >= 0.6 is 0 Å². The maximum atomic E-state index is 12.1. The second-order valence-electron chi connectivity index (χ2n) is 6.55. The summed E-state index contributed by atoms with van der Waals surface area (Å²) in [5, 5.41) is 12.8. The zero-order valence-electron chi connectivity index (χ0n) is 13.5. The Morgan fingerprint density at radius 1 is 1.27 bits per heavy atom. The van der Waals surface area contributed by atoms with Crippen molar-refractivity contribution in [2.24, 2.45) is 5.92 Å². The highest BCUT2D eigenvalue weighted by Gasteiger charge is 2.24. The Morgan fingerprint density at radius 3 is 2.59 bits per heavy atom. The molecule has 2 unspecified atom stereocenters. The Bertz CT molecular complexity index is 470. The molecule has 22 heavy (non-hydrogen) atoms. The summed E-state index contributed by atoms with van der Waals surface area (Å²) in [6.45, 7) is 4.91. The zero-order chi connectivity index (χ0) is 15.9. The molecule has 1 saturated carbocycles. The van der Waals surface area contributed by atoms with Crippen molar-refractivity contribution in [1.82, 2.24) is 5.32 Å². The van der Waals surface area contributed by atoms with Crippen LogP contribution in [-0.4, -0.2) is 29.8 Å². The number of carbonyl (C=O) groups excluding carboxylic acids is 1. The molecule has 0 heterocycles. The average Bonchev–Trinajstić information content (AvgIpc) is 2.49. The van der Waals surface area contributed by atoms with Gasteiger partial charge in [-0.2, -0.15) is 0 Å². The summed E-state index contributed by atoms with van der Waals surface area (Å²) in [7, 11) is 0. The van der Waals surface area contributed by atoms with Gasteiger partial charge < -0.3 is 15.2 Å². The predicted molar refractivity (Wildman–Crippen MR) is 86.9 cm³/mol. The summed E-state index contributed by atoms with van der Waals surface area (Å²) < 4.78 is 5.63. The minimum atomic E-state index is -0.399. The summed E-state index contributed by atoms with van der Waals surface area (Å²) in [6, 6.07) is 7.56. The van der Waals surface area contributed by atoms with Crippen molar-refractivity contribution < 1.29 is 14.6 Å². The fraction of sp³-hybridized carbons (Fsp3) is 0.611. The Labute approximate surface area is 132 Å². The maximum absolute atomic E-state index is 12.1. The Hall–Kier alpha value is -1.55. The molecule has 4 nitrogen and oxygen atoms in total. The van der Waals surface area contributed by atoms with Crippen molar-refractivity contribution in [3.8, 4) is 5.75 Å². The van der Waals surface area contributed by atoms with E-state index in [-0.39, 0.29) is 11.9 Å². The molecule has 0 radical (unpaired) electrons. The fourth-order valence-corrected chi connectivity index (χ4v) is 2.69. The van der Waals surface area contributed by atoms with E-state index >= 15 is 0 Å². The summed E-state index contributed by atoms with van der Waals surface area (Å²) >= 11 is 0. The third-order valence-corrected chi connectivity index (χ3v) is 3.95. The fourth-order valence-electron chi connectivity index (χ4n) is 2.69. The van der Waals surface area contributed by atoms with Crippen LogP contribution in [0.15, 0.2) is 24.3 Å². The lowest BCUT2D eigenvalue weighted by Gasteiger charge is -2.28. The molecule has 4 heteroatoms. The van der Waals surface area contributed by atoms with Crippen molar-refractivity contribution in [2.75, 3.05) is 6.61 Å². The molecule has 0 spiro atoms. The van der Waals surface area contributed by atoms with E-state index in [9.17, 15) is 9.90 Å². The molecule has 0 bridgehead atoms. The van der Waals surface area contributed by atoms with Gasteiger partial charge in [-0.05, 0) is 36.5 Å². The normalized spacial score (nSPS) is 21.6. The first-order chi connectivity index (χ1) is 10.5. The van der Waals surface area contributed by atoms with E-state index in [0.29, 0.717) is 18.9 Å². The van der Waals surface area contributed by atoms with E-state index in [2.05, 4.69) is 19.2 Å². The first-order valence-corrected chi connectivity index (χ1v) is 8.24. The minimum Gasteiger partial charge on any atom is -0.493 e. The number of aliphatic hydroxyl groups is 1. The average molecular weight is 305 g/mol. The Morgan fingerprint density at radius 2 is 1.95 bits per heavy atom. The molecule has 1 amide bonds. The number of rotatable bonds is 6. The van der Waals surface area contributed by atoms with Gasteiger partial charge in [-0.3, -0.25) is 4.79 Å². The van der Waals surface area contributed by atoms with Crippen LogP contribution in [0.25, 0.3) is 0 Å². The number of carbonyl (C=O) groups is 1. The monoisotopic (exact) mass is 305 g/mol. The molecular formula is C18H27NO3. The number of hydrogen-bond acceptors (Lipinski definition) is 3. The molecule has 1 fully saturated rings. The Balaban J connectivity index is 1.81. The molecule has 0 aliphatic heterocycles. The van der Waals surface area contributed by atoms with Crippen molar-refractivity contribution in [3.05, 3.63) is 29.8 Å². The number of amides is 1. The van der Waals surface area contributed by atoms with Crippen molar-refractivity contribution >= 4 is 5.91 Å². The molecule has 1 aromatic rings. The zero-order valence-corrected chi connectivity index (χ0v) is 13.5. The molecular weight excluding hydrogens is 278 g/mol. The van der Waals surface area contributed by atoms with Gasteiger partial charge in [-0.1, -0.05) is 38.8 Å². The van der Waals surface area contributed by atoms with Crippen LogP contribution in [-0.2, 0) is 11.2 Å².